The highest BCUT2D eigenvalue weighted by Crippen LogP contribution is 2.16. The molecule has 0 spiro atoms. The highest BCUT2D eigenvalue weighted by atomic mass is 127. The molecule has 270 valence electrons. The zero-order valence-electron chi connectivity index (χ0n) is 27.7. The van der Waals surface area contributed by atoms with Crippen molar-refractivity contribution >= 4 is 98.9 Å². The fourth-order valence-corrected chi connectivity index (χ4v) is 6.29. The van der Waals surface area contributed by atoms with Gasteiger partial charge in [0.05, 0.1) is 26.4 Å². The number of halogens is 5. The van der Waals surface area contributed by atoms with E-state index < -0.39 is 0 Å². The van der Waals surface area contributed by atoms with Gasteiger partial charge in [-0.25, -0.2) is 0 Å². The lowest BCUT2D eigenvalue weighted by atomic mass is 10.2. The molecule has 2 fully saturated rings. The molecule has 2 aliphatic heterocycles. The summed E-state index contributed by atoms with van der Waals surface area (Å²) < 4.78 is 34.5. The van der Waals surface area contributed by atoms with E-state index in [1.54, 1.807) is 0 Å². The van der Waals surface area contributed by atoms with Crippen LogP contribution in [0.15, 0.2) is 66.8 Å². The standard InChI is InChI=1S/C11H13BrO.C9H15BrO2.C9H16I2O2.C6H9BrO2/c1-10(7-12)8-13-9-11-5-3-2-4-6-11;1-8(6-10)7-12-9-4-2-3-5-11-9;10-5-8(6-11)7-13-9-3-1-2-4-12-9;1-5(3-7)4-9-6(2)8/h2-6H,1,7-9H2;9H,1-7H2;8-9H,1-7H2;1,3-4H2,2H3. The number of alkyl halides is 5. The maximum Gasteiger partial charge on any atom is 0.302 e. The summed E-state index contributed by atoms with van der Waals surface area (Å²) in [5, 5.41) is 2.29. The van der Waals surface area contributed by atoms with Gasteiger partial charge in [0, 0.05) is 50.9 Å². The second-order valence-electron chi connectivity index (χ2n) is 10.8. The molecule has 2 unspecified atom stereocenters. The molecule has 0 radical (unpaired) electrons. The fraction of sp³-hybridized carbons (Fsp3) is 0.629. The van der Waals surface area contributed by atoms with E-state index in [4.69, 9.17) is 23.7 Å². The third-order valence-electron chi connectivity index (χ3n) is 6.17. The quantitative estimate of drug-likeness (QED) is 0.0666. The molecule has 47 heavy (non-hydrogen) atoms. The van der Waals surface area contributed by atoms with Gasteiger partial charge in [-0.3, -0.25) is 4.79 Å². The summed E-state index contributed by atoms with van der Waals surface area (Å²) in [6.45, 7) is 17.4. The van der Waals surface area contributed by atoms with Crippen LogP contribution in [0.3, 0.4) is 0 Å². The van der Waals surface area contributed by atoms with Crippen LogP contribution in [-0.4, -0.2) is 83.0 Å². The Morgan fingerprint density at radius 1 is 0.809 bits per heavy atom. The summed E-state index contributed by atoms with van der Waals surface area (Å²) in [5.74, 6) is 0.420. The van der Waals surface area contributed by atoms with Crippen LogP contribution in [0.2, 0.25) is 0 Å². The van der Waals surface area contributed by atoms with Crippen molar-refractivity contribution < 1.29 is 33.2 Å². The van der Waals surface area contributed by atoms with Crippen molar-refractivity contribution in [1.29, 1.82) is 0 Å². The molecular formula is C35H53Br3I2O7. The monoisotopic (exact) mass is 1080 g/mol. The van der Waals surface area contributed by atoms with E-state index in [9.17, 15) is 4.79 Å². The van der Waals surface area contributed by atoms with E-state index in [1.807, 2.05) is 18.2 Å². The van der Waals surface area contributed by atoms with Crippen molar-refractivity contribution in [3.05, 3.63) is 72.4 Å². The number of carbonyl (C=O) groups excluding carboxylic acids is 1. The molecule has 0 aromatic heterocycles. The van der Waals surface area contributed by atoms with Crippen LogP contribution in [-0.2, 0) is 39.8 Å². The van der Waals surface area contributed by atoms with E-state index in [0.717, 1.165) is 60.0 Å². The Hall–Kier alpha value is 0.610. The lowest BCUT2D eigenvalue weighted by molar-refractivity contribution is -0.166. The Kier molecular flexibility index (Phi) is 34.2. The van der Waals surface area contributed by atoms with E-state index >= 15 is 0 Å². The van der Waals surface area contributed by atoms with Crippen LogP contribution in [0.25, 0.3) is 0 Å². The minimum absolute atomic E-state index is 0.00884. The third-order valence-corrected chi connectivity index (χ3v) is 11.0. The summed E-state index contributed by atoms with van der Waals surface area (Å²) >= 11 is 14.7. The van der Waals surface area contributed by atoms with Crippen LogP contribution in [0, 0.1) is 5.92 Å². The number of benzene rings is 1. The van der Waals surface area contributed by atoms with Gasteiger partial charge in [-0.2, -0.15) is 0 Å². The zero-order chi connectivity index (χ0) is 35.1. The molecule has 3 rings (SSSR count). The molecular weight excluding hydrogens is 1030 g/mol. The van der Waals surface area contributed by atoms with Gasteiger partial charge in [0.25, 0.3) is 0 Å². The smallest absolute Gasteiger partial charge is 0.302 e. The van der Waals surface area contributed by atoms with Crippen LogP contribution in [0.4, 0.5) is 0 Å². The van der Waals surface area contributed by atoms with Gasteiger partial charge in [-0.1, -0.05) is 143 Å². The average Bonchev–Trinajstić information content (AvgIpc) is 3.12. The van der Waals surface area contributed by atoms with E-state index in [0.29, 0.717) is 37.7 Å². The molecule has 0 bridgehead atoms. The first-order chi connectivity index (χ1) is 22.7. The molecule has 7 nitrogen and oxygen atoms in total. The molecule has 2 heterocycles. The van der Waals surface area contributed by atoms with Crippen molar-refractivity contribution in [3.63, 3.8) is 0 Å². The number of hydrogen-bond acceptors (Lipinski definition) is 7. The molecule has 0 aliphatic carbocycles. The molecule has 2 saturated heterocycles. The molecule has 0 N–H and O–H groups in total. The van der Waals surface area contributed by atoms with Crippen molar-refractivity contribution in [2.75, 3.05) is 64.5 Å². The van der Waals surface area contributed by atoms with Gasteiger partial charge < -0.3 is 28.4 Å². The number of carbonyl (C=O) groups is 1. The second kappa shape index (κ2) is 33.7. The van der Waals surface area contributed by atoms with Gasteiger partial charge in [-0.15, -0.1) is 0 Å². The largest absolute Gasteiger partial charge is 0.461 e. The van der Waals surface area contributed by atoms with Gasteiger partial charge in [0.2, 0.25) is 0 Å². The van der Waals surface area contributed by atoms with Crippen LogP contribution in [0.1, 0.15) is 51.0 Å². The molecule has 2 aliphatic rings. The summed E-state index contributed by atoms with van der Waals surface area (Å²) in [6.07, 6.45) is 7.03. The highest BCUT2D eigenvalue weighted by Gasteiger charge is 2.16. The SMILES string of the molecule is C=C(CBr)COC(C)=O.C=C(CBr)COC1CCCCO1.C=C(CBr)COCc1ccccc1.ICC(CI)COC1CCCCO1. The Balaban J connectivity index is 0.000000606. The van der Waals surface area contributed by atoms with Crippen molar-refractivity contribution in [1.82, 2.24) is 0 Å². The molecule has 2 atom stereocenters. The van der Waals surface area contributed by atoms with Crippen molar-refractivity contribution in [2.45, 2.75) is 64.6 Å². The molecule has 0 saturated carbocycles. The molecule has 1 aromatic rings. The first-order valence-corrected chi connectivity index (χ1v) is 22.1. The van der Waals surface area contributed by atoms with Gasteiger partial charge in [0.1, 0.15) is 6.61 Å². The first-order valence-electron chi connectivity index (χ1n) is 15.7. The normalized spacial score (nSPS) is 17.1. The van der Waals surface area contributed by atoms with E-state index in [-0.39, 0.29) is 18.5 Å². The molecule has 1 aromatic carbocycles. The lowest BCUT2D eigenvalue weighted by Gasteiger charge is -2.24. The minimum Gasteiger partial charge on any atom is -0.461 e. The lowest BCUT2D eigenvalue weighted by Crippen LogP contribution is -2.25. The fourth-order valence-electron chi connectivity index (χ4n) is 3.48. The van der Waals surface area contributed by atoms with Crippen molar-refractivity contribution in [3.8, 4) is 0 Å². The minimum atomic E-state index is -0.267. The summed E-state index contributed by atoms with van der Waals surface area (Å²) in [7, 11) is 0. The predicted molar refractivity (Wildman–Crippen MR) is 222 cm³/mol. The van der Waals surface area contributed by atoms with Gasteiger partial charge in [-0.05, 0) is 60.8 Å². The maximum absolute atomic E-state index is 10.2. The second-order valence-corrected chi connectivity index (χ2v) is 14.3. The Morgan fingerprint density at radius 3 is 1.79 bits per heavy atom. The van der Waals surface area contributed by atoms with Crippen LogP contribution >= 0.6 is 93.0 Å². The van der Waals surface area contributed by atoms with Gasteiger partial charge in [0.15, 0.2) is 12.6 Å². The Bertz CT molecular complexity index is 940. The Labute approximate surface area is 336 Å². The predicted octanol–water partition coefficient (Wildman–Crippen LogP) is 10.2. The number of ether oxygens (including phenoxy) is 6. The number of hydrogen-bond donors (Lipinski definition) is 0. The maximum atomic E-state index is 10.2. The van der Waals surface area contributed by atoms with Gasteiger partial charge >= 0.3 is 5.97 Å². The van der Waals surface area contributed by atoms with Crippen LogP contribution in [0.5, 0.6) is 0 Å². The number of esters is 1. The summed E-state index contributed by atoms with van der Waals surface area (Å²) in [6, 6.07) is 10.1. The topological polar surface area (TPSA) is 72.5 Å². The summed E-state index contributed by atoms with van der Waals surface area (Å²) in [5.41, 5.74) is 4.19. The Morgan fingerprint density at radius 2 is 1.32 bits per heavy atom. The van der Waals surface area contributed by atoms with Crippen LogP contribution < -0.4 is 0 Å². The van der Waals surface area contributed by atoms with Crippen molar-refractivity contribution in [2.24, 2.45) is 5.92 Å². The number of rotatable bonds is 17. The highest BCUT2D eigenvalue weighted by molar-refractivity contribution is 14.1. The third kappa shape index (κ3) is 30.0. The van der Waals surface area contributed by atoms with E-state index in [2.05, 4.69) is 130 Å². The molecule has 0 amide bonds. The summed E-state index contributed by atoms with van der Waals surface area (Å²) in [4.78, 5) is 10.2. The van der Waals surface area contributed by atoms with E-state index in [1.165, 1.54) is 47.0 Å². The molecule has 12 heteroatoms. The zero-order valence-corrected chi connectivity index (χ0v) is 36.8. The average molecular weight is 1080 g/mol. The first kappa shape index (κ1) is 47.6.